The number of benzene rings is 1. The summed E-state index contributed by atoms with van der Waals surface area (Å²) in [4.78, 5) is 27.1. The molecule has 0 unspecified atom stereocenters. The first-order chi connectivity index (χ1) is 12.4. The van der Waals surface area contributed by atoms with Crippen molar-refractivity contribution in [3.63, 3.8) is 0 Å². The van der Waals surface area contributed by atoms with Crippen LogP contribution >= 0.6 is 0 Å². The first kappa shape index (κ1) is 16.1. The number of aromatic amines is 1. The van der Waals surface area contributed by atoms with E-state index in [1.165, 1.54) is 4.52 Å². The topological polar surface area (TPSA) is 111 Å². The molecule has 1 aliphatic carbocycles. The van der Waals surface area contributed by atoms with Gasteiger partial charge in [0.2, 0.25) is 0 Å². The Kier molecular flexibility index (Phi) is 3.44. The minimum Gasteiger partial charge on any atom is -0.476 e. The molecule has 1 saturated carbocycles. The lowest BCUT2D eigenvalue weighted by Gasteiger charge is -2.09. The van der Waals surface area contributed by atoms with Gasteiger partial charge in [-0.05, 0) is 49.8 Å². The second-order valence-electron chi connectivity index (χ2n) is 6.69. The number of hydrogen-bond donors (Lipinski definition) is 2. The third kappa shape index (κ3) is 2.30. The van der Waals surface area contributed by atoms with E-state index in [1.807, 2.05) is 32.0 Å². The van der Waals surface area contributed by atoms with Crippen LogP contribution < -0.4 is 5.56 Å². The molecule has 4 rings (SSSR count). The van der Waals surface area contributed by atoms with Gasteiger partial charge in [-0.25, -0.2) is 9.31 Å². The fraction of sp³-hybridized carbons (Fsp3) is 0.263. The number of carboxylic acids is 1. The van der Waals surface area contributed by atoms with Crippen molar-refractivity contribution in [3.05, 3.63) is 56.6 Å². The van der Waals surface area contributed by atoms with Crippen molar-refractivity contribution in [1.82, 2.24) is 14.6 Å². The van der Waals surface area contributed by atoms with Gasteiger partial charge in [-0.3, -0.25) is 4.79 Å². The highest BCUT2D eigenvalue weighted by Gasteiger charge is 2.35. The predicted octanol–water partition coefficient (Wildman–Crippen LogP) is 2.75. The van der Waals surface area contributed by atoms with Crippen molar-refractivity contribution >= 4 is 11.5 Å². The molecular weight excluding hydrogens is 332 g/mol. The van der Waals surface area contributed by atoms with Gasteiger partial charge in [0.15, 0.2) is 11.4 Å². The summed E-state index contributed by atoms with van der Waals surface area (Å²) in [5.41, 5.74) is 3.29. The molecule has 2 heterocycles. The van der Waals surface area contributed by atoms with E-state index in [0.717, 1.165) is 24.0 Å². The van der Waals surface area contributed by atoms with Crippen LogP contribution in [0.1, 0.15) is 51.6 Å². The maximum absolute atomic E-state index is 12.8. The largest absolute Gasteiger partial charge is 0.476 e. The first-order valence-corrected chi connectivity index (χ1v) is 8.32. The van der Waals surface area contributed by atoms with Crippen molar-refractivity contribution in [3.8, 4) is 17.3 Å². The fourth-order valence-electron chi connectivity index (χ4n) is 3.27. The van der Waals surface area contributed by atoms with Gasteiger partial charge < -0.3 is 10.1 Å². The lowest BCUT2D eigenvalue weighted by molar-refractivity contribution is 0.0689. The Morgan fingerprint density at radius 1 is 1.35 bits per heavy atom. The van der Waals surface area contributed by atoms with E-state index in [-0.39, 0.29) is 22.8 Å². The molecule has 7 nitrogen and oxygen atoms in total. The summed E-state index contributed by atoms with van der Waals surface area (Å²) in [6, 6.07) is 7.70. The van der Waals surface area contributed by atoms with Crippen LogP contribution in [0, 0.1) is 25.2 Å². The standard InChI is InChI=1S/C19H16N4O3/c1-9-3-4-12(7-10(9)2)15-13(8-20)23-17(18(24)21-15)14(11-5-6-11)16(22-23)19(25)26/h3-4,7,11H,5-6H2,1-2H3,(H,21,24)(H,25,26). The monoisotopic (exact) mass is 348 g/mol. The molecule has 2 aromatic heterocycles. The Labute approximate surface area is 148 Å². The summed E-state index contributed by atoms with van der Waals surface area (Å²) in [5.74, 6) is -1.18. The number of fused-ring (bicyclic) bond motifs is 1. The molecule has 0 aliphatic heterocycles. The minimum atomic E-state index is -1.19. The van der Waals surface area contributed by atoms with Crippen molar-refractivity contribution in [1.29, 1.82) is 5.26 Å². The molecule has 130 valence electrons. The molecule has 1 aliphatic rings. The molecule has 1 fully saturated rings. The number of rotatable bonds is 3. The number of aromatic carboxylic acids is 1. The summed E-state index contributed by atoms with van der Waals surface area (Å²) in [5, 5.41) is 23.3. The molecule has 0 amide bonds. The normalized spacial score (nSPS) is 13.7. The van der Waals surface area contributed by atoms with Gasteiger partial charge >= 0.3 is 5.97 Å². The highest BCUT2D eigenvalue weighted by molar-refractivity contribution is 5.90. The number of aromatic nitrogens is 3. The van der Waals surface area contributed by atoms with E-state index in [4.69, 9.17) is 0 Å². The number of nitrogens with zero attached hydrogens (tertiary/aromatic N) is 3. The van der Waals surface area contributed by atoms with Crippen LogP contribution in [-0.2, 0) is 0 Å². The molecule has 0 atom stereocenters. The summed E-state index contributed by atoms with van der Waals surface area (Å²) < 4.78 is 1.19. The van der Waals surface area contributed by atoms with Gasteiger partial charge in [0, 0.05) is 11.1 Å². The SMILES string of the molecule is Cc1ccc(-c2[nH]c(=O)c3c(C4CC4)c(C(=O)O)nn3c2C#N)cc1C. The van der Waals surface area contributed by atoms with Crippen LogP contribution in [0.5, 0.6) is 0 Å². The van der Waals surface area contributed by atoms with Crippen LogP contribution in [0.4, 0.5) is 0 Å². The first-order valence-electron chi connectivity index (χ1n) is 8.32. The lowest BCUT2D eigenvalue weighted by Crippen LogP contribution is -2.15. The van der Waals surface area contributed by atoms with Gasteiger partial charge in [0.25, 0.3) is 5.56 Å². The van der Waals surface area contributed by atoms with Crippen LogP contribution in [-0.4, -0.2) is 25.7 Å². The Balaban J connectivity index is 2.09. The van der Waals surface area contributed by atoms with Crippen LogP contribution in [0.15, 0.2) is 23.0 Å². The molecule has 0 saturated heterocycles. The van der Waals surface area contributed by atoms with Crippen molar-refractivity contribution in [2.24, 2.45) is 0 Å². The zero-order valence-electron chi connectivity index (χ0n) is 14.3. The van der Waals surface area contributed by atoms with E-state index < -0.39 is 11.5 Å². The molecule has 1 aromatic carbocycles. The molecule has 3 aromatic rings. The summed E-state index contributed by atoms with van der Waals surface area (Å²) in [6.07, 6.45) is 1.64. The van der Waals surface area contributed by atoms with Crippen LogP contribution in [0.2, 0.25) is 0 Å². The van der Waals surface area contributed by atoms with E-state index in [9.17, 15) is 20.0 Å². The summed E-state index contributed by atoms with van der Waals surface area (Å²) in [6.45, 7) is 3.92. The van der Waals surface area contributed by atoms with Gasteiger partial charge in [-0.15, -0.1) is 0 Å². The lowest BCUT2D eigenvalue weighted by atomic mass is 10.0. The predicted molar refractivity (Wildman–Crippen MR) is 94.4 cm³/mol. The number of hydrogen-bond acceptors (Lipinski definition) is 4. The van der Waals surface area contributed by atoms with E-state index >= 15 is 0 Å². The molecule has 0 spiro atoms. The Hall–Kier alpha value is -3.40. The minimum absolute atomic E-state index is 0.0127. The molecule has 26 heavy (non-hydrogen) atoms. The number of nitrogens with one attached hydrogen (secondary N) is 1. The zero-order chi connectivity index (χ0) is 18.6. The van der Waals surface area contributed by atoms with E-state index in [0.29, 0.717) is 16.8 Å². The van der Waals surface area contributed by atoms with Gasteiger partial charge in [0.1, 0.15) is 11.6 Å². The van der Waals surface area contributed by atoms with Gasteiger partial charge in [-0.2, -0.15) is 10.4 Å². The second-order valence-corrected chi connectivity index (χ2v) is 6.69. The molecule has 2 N–H and O–H groups in total. The van der Waals surface area contributed by atoms with Gasteiger partial charge in [0.05, 0.1) is 5.69 Å². The molecule has 0 radical (unpaired) electrons. The smallest absolute Gasteiger partial charge is 0.356 e. The average molecular weight is 348 g/mol. The molecule has 7 heteroatoms. The number of H-pyrrole nitrogens is 1. The van der Waals surface area contributed by atoms with Crippen molar-refractivity contribution < 1.29 is 9.90 Å². The average Bonchev–Trinajstić information content (AvgIpc) is 3.36. The highest BCUT2D eigenvalue weighted by Crippen LogP contribution is 2.43. The number of aryl methyl sites for hydroxylation is 2. The van der Waals surface area contributed by atoms with E-state index in [1.54, 1.807) is 0 Å². The molecular formula is C19H16N4O3. The Morgan fingerprint density at radius 3 is 2.65 bits per heavy atom. The van der Waals surface area contributed by atoms with Crippen LogP contribution in [0.3, 0.4) is 0 Å². The Bertz CT molecular complexity index is 1180. The quantitative estimate of drug-likeness (QED) is 0.756. The third-order valence-electron chi connectivity index (χ3n) is 4.91. The highest BCUT2D eigenvalue weighted by atomic mass is 16.4. The zero-order valence-corrected chi connectivity index (χ0v) is 14.3. The summed E-state index contributed by atoms with van der Waals surface area (Å²) >= 11 is 0. The van der Waals surface area contributed by atoms with Crippen molar-refractivity contribution in [2.45, 2.75) is 32.6 Å². The number of carboxylic acid groups (broad SMARTS) is 1. The molecule has 0 bridgehead atoms. The maximum atomic E-state index is 12.8. The van der Waals surface area contributed by atoms with Crippen LogP contribution in [0.25, 0.3) is 16.8 Å². The van der Waals surface area contributed by atoms with Gasteiger partial charge in [-0.1, -0.05) is 12.1 Å². The fourth-order valence-corrected chi connectivity index (χ4v) is 3.27. The maximum Gasteiger partial charge on any atom is 0.356 e. The number of carbonyl (C=O) groups is 1. The number of nitriles is 1. The summed E-state index contributed by atoms with van der Waals surface area (Å²) in [7, 11) is 0. The van der Waals surface area contributed by atoms with Crippen molar-refractivity contribution in [2.75, 3.05) is 0 Å². The third-order valence-corrected chi connectivity index (χ3v) is 4.91. The second kappa shape index (κ2) is 5.56. The Morgan fingerprint density at radius 2 is 2.08 bits per heavy atom. The van der Waals surface area contributed by atoms with E-state index in [2.05, 4.69) is 16.2 Å².